The summed E-state index contributed by atoms with van der Waals surface area (Å²) in [6.07, 6.45) is 1.22. The largest absolute Gasteiger partial charge is 0.497 e. The third-order valence-corrected chi connectivity index (χ3v) is 3.46. The van der Waals surface area contributed by atoms with Crippen LogP contribution in [0.1, 0.15) is 39.7 Å². The topological polar surface area (TPSA) is 84.0 Å². The first-order valence-corrected chi connectivity index (χ1v) is 9.46. The van der Waals surface area contributed by atoms with Gasteiger partial charge < -0.3 is 25.4 Å². The van der Waals surface area contributed by atoms with E-state index in [2.05, 4.69) is 27.0 Å². The second-order valence-electron chi connectivity index (χ2n) is 7.07. The molecule has 0 aliphatic rings. The van der Waals surface area contributed by atoms with Gasteiger partial charge in [0.05, 0.1) is 7.11 Å². The van der Waals surface area contributed by atoms with Crippen molar-refractivity contribution in [2.24, 2.45) is 4.99 Å². The number of guanidine groups is 1. The molecule has 0 saturated heterocycles. The van der Waals surface area contributed by atoms with Crippen molar-refractivity contribution < 1.29 is 14.3 Å². The van der Waals surface area contributed by atoms with Crippen LogP contribution >= 0.6 is 24.0 Å². The Morgan fingerprint density at radius 2 is 1.89 bits per heavy atom. The van der Waals surface area contributed by atoms with E-state index in [1.807, 2.05) is 45.9 Å². The quantitative estimate of drug-likeness (QED) is 0.207. The van der Waals surface area contributed by atoms with Crippen molar-refractivity contribution in [3.8, 4) is 5.75 Å². The van der Waals surface area contributed by atoms with Crippen LogP contribution in [0.4, 0.5) is 4.79 Å². The van der Waals surface area contributed by atoms with E-state index in [4.69, 9.17) is 9.47 Å². The van der Waals surface area contributed by atoms with Gasteiger partial charge >= 0.3 is 6.09 Å². The molecule has 0 unspecified atom stereocenters. The molecule has 0 saturated carbocycles. The van der Waals surface area contributed by atoms with Gasteiger partial charge in [0.15, 0.2) is 5.96 Å². The zero-order valence-electron chi connectivity index (χ0n) is 17.6. The van der Waals surface area contributed by atoms with E-state index in [9.17, 15) is 4.79 Å². The van der Waals surface area contributed by atoms with Gasteiger partial charge in [0, 0.05) is 26.2 Å². The van der Waals surface area contributed by atoms with Gasteiger partial charge in [-0.25, -0.2) is 4.79 Å². The summed E-state index contributed by atoms with van der Waals surface area (Å²) in [5.74, 6) is 1.64. The van der Waals surface area contributed by atoms with Crippen LogP contribution in [0.2, 0.25) is 0 Å². The van der Waals surface area contributed by atoms with E-state index < -0.39 is 11.7 Å². The van der Waals surface area contributed by atoms with Crippen molar-refractivity contribution in [2.45, 2.75) is 46.1 Å². The number of carbonyl (C=O) groups excluding carboxylic acids is 1. The number of nitrogens with zero attached hydrogens (tertiary/aromatic N) is 1. The van der Waals surface area contributed by atoms with E-state index in [1.165, 1.54) is 5.56 Å². The predicted molar refractivity (Wildman–Crippen MR) is 125 cm³/mol. The zero-order chi connectivity index (χ0) is 20.1. The van der Waals surface area contributed by atoms with Crippen LogP contribution < -0.4 is 20.7 Å². The van der Waals surface area contributed by atoms with Gasteiger partial charge in [-0.3, -0.25) is 4.99 Å². The van der Waals surface area contributed by atoms with Crippen molar-refractivity contribution in [3.05, 3.63) is 29.8 Å². The number of nitrogens with one attached hydrogen (secondary N) is 3. The highest BCUT2D eigenvalue weighted by atomic mass is 127. The first kappa shape index (κ1) is 26.3. The molecule has 160 valence electrons. The van der Waals surface area contributed by atoms with Crippen molar-refractivity contribution in [1.82, 2.24) is 16.0 Å². The van der Waals surface area contributed by atoms with E-state index in [0.717, 1.165) is 37.6 Å². The van der Waals surface area contributed by atoms with Gasteiger partial charge in [0.2, 0.25) is 0 Å². The monoisotopic (exact) mass is 506 g/mol. The summed E-state index contributed by atoms with van der Waals surface area (Å²) in [4.78, 5) is 16.1. The highest BCUT2D eigenvalue weighted by Crippen LogP contribution is 2.12. The van der Waals surface area contributed by atoms with E-state index in [-0.39, 0.29) is 24.0 Å². The molecule has 0 bridgehead atoms. The number of rotatable bonds is 9. The minimum absolute atomic E-state index is 0. The van der Waals surface area contributed by atoms with Crippen LogP contribution in [0.3, 0.4) is 0 Å². The van der Waals surface area contributed by atoms with Crippen molar-refractivity contribution in [3.63, 3.8) is 0 Å². The highest BCUT2D eigenvalue weighted by molar-refractivity contribution is 14.0. The molecule has 8 heteroatoms. The Balaban J connectivity index is 0.00000729. The Hall–Kier alpha value is -1.71. The number of methoxy groups -OCH3 is 1. The number of aliphatic imine (C=N–C) groups is 1. The van der Waals surface area contributed by atoms with Crippen molar-refractivity contribution in [2.75, 3.05) is 33.3 Å². The van der Waals surface area contributed by atoms with Crippen LogP contribution in [-0.4, -0.2) is 50.9 Å². The lowest BCUT2D eigenvalue weighted by Gasteiger charge is -2.19. The predicted octanol–water partition coefficient (Wildman–Crippen LogP) is 3.33. The summed E-state index contributed by atoms with van der Waals surface area (Å²) in [6.45, 7) is 10.3. The van der Waals surface area contributed by atoms with Crippen LogP contribution in [0.5, 0.6) is 5.75 Å². The second kappa shape index (κ2) is 14.3. The fourth-order valence-electron chi connectivity index (χ4n) is 2.27. The summed E-state index contributed by atoms with van der Waals surface area (Å²) in [5.41, 5.74) is 0.729. The Morgan fingerprint density at radius 1 is 1.14 bits per heavy atom. The summed E-state index contributed by atoms with van der Waals surface area (Å²) in [6, 6.07) is 8.05. The molecule has 3 N–H and O–H groups in total. The van der Waals surface area contributed by atoms with Crippen molar-refractivity contribution in [1.29, 1.82) is 0 Å². The lowest BCUT2D eigenvalue weighted by molar-refractivity contribution is 0.0527. The summed E-state index contributed by atoms with van der Waals surface area (Å²) >= 11 is 0. The van der Waals surface area contributed by atoms with E-state index in [1.54, 1.807) is 7.11 Å². The maximum Gasteiger partial charge on any atom is 0.407 e. The maximum atomic E-state index is 11.6. The first-order chi connectivity index (χ1) is 12.8. The molecule has 0 aliphatic carbocycles. The molecule has 1 aromatic carbocycles. The molecule has 0 spiro atoms. The van der Waals surface area contributed by atoms with E-state index >= 15 is 0 Å². The molecule has 0 aromatic heterocycles. The SMILES string of the molecule is CCNC(=NCCCNC(=O)OC(C)(C)C)NCCc1cccc(OC)c1.I. The normalized spacial score (nSPS) is 11.2. The highest BCUT2D eigenvalue weighted by Gasteiger charge is 2.15. The zero-order valence-corrected chi connectivity index (χ0v) is 20.0. The van der Waals surface area contributed by atoms with Crippen LogP contribution in [0.15, 0.2) is 29.3 Å². The Bertz CT molecular complexity index is 603. The third-order valence-electron chi connectivity index (χ3n) is 3.46. The molecule has 1 amide bonds. The number of hydrogen-bond acceptors (Lipinski definition) is 4. The molecular weight excluding hydrogens is 471 g/mol. The number of hydrogen-bond donors (Lipinski definition) is 3. The fourth-order valence-corrected chi connectivity index (χ4v) is 2.27. The van der Waals surface area contributed by atoms with Crippen LogP contribution in [0, 0.1) is 0 Å². The fraction of sp³-hybridized carbons (Fsp3) is 0.600. The van der Waals surface area contributed by atoms with Crippen LogP contribution in [0.25, 0.3) is 0 Å². The number of ether oxygens (including phenoxy) is 2. The van der Waals surface area contributed by atoms with Gasteiger partial charge in [-0.1, -0.05) is 12.1 Å². The van der Waals surface area contributed by atoms with Gasteiger partial charge in [-0.05, 0) is 58.2 Å². The summed E-state index contributed by atoms with van der Waals surface area (Å²) < 4.78 is 10.4. The lowest BCUT2D eigenvalue weighted by Crippen LogP contribution is -2.38. The Morgan fingerprint density at radius 3 is 2.54 bits per heavy atom. The molecule has 0 aliphatic heterocycles. The number of halogens is 1. The molecule has 0 radical (unpaired) electrons. The molecule has 0 fully saturated rings. The third kappa shape index (κ3) is 12.6. The second-order valence-corrected chi connectivity index (χ2v) is 7.07. The molecular formula is C20H35IN4O3. The summed E-state index contributed by atoms with van der Waals surface area (Å²) in [5, 5.41) is 9.29. The minimum Gasteiger partial charge on any atom is -0.497 e. The smallest absolute Gasteiger partial charge is 0.407 e. The number of benzene rings is 1. The first-order valence-electron chi connectivity index (χ1n) is 9.46. The maximum absolute atomic E-state index is 11.6. The number of alkyl carbamates (subject to hydrolysis) is 1. The minimum atomic E-state index is -0.479. The van der Waals surface area contributed by atoms with Gasteiger partial charge in [0.25, 0.3) is 0 Å². The Kier molecular flexibility index (Phi) is 13.4. The lowest BCUT2D eigenvalue weighted by atomic mass is 10.1. The summed E-state index contributed by atoms with van der Waals surface area (Å²) in [7, 11) is 1.67. The van der Waals surface area contributed by atoms with Gasteiger partial charge in [0.1, 0.15) is 11.4 Å². The molecule has 0 heterocycles. The average molecular weight is 506 g/mol. The molecule has 7 nitrogen and oxygen atoms in total. The van der Waals surface area contributed by atoms with Crippen LogP contribution in [-0.2, 0) is 11.2 Å². The van der Waals surface area contributed by atoms with E-state index in [0.29, 0.717) is 13.1 Å². The molecule has 1 aromatic rings. The number of amides is 1. The molecule has 28 heavy (non-hydrogen) atoms. The number of carbonyl (C=O) groups is 1. The Labute approximate surface area is 186 Å². The average Bonchev–Trinajstić information content (AvgIpc) is 2.60. The van der Waals surface area contributed by atoms with Gasteiger partial charge in [-0.15, -0.1) is 24.0 Å². The standard InChI is InChI=1S/C20H34N4O3.HI/c1-6-21-18(22-12-8-13-24-19(25)27-20(2,3)4)23-14-11-16-9-7-10-17(15-16)26-5;/h7,9-10,15H,6,8,11-14H2,1-5H3,(H,24,25)(H2,21,22,23);1H. The van der Waals surface area contributed by atoms with Gasteiger partial charge in [-0.2, -0.15) is 0 Å². The van der Waals surface area contributed by atoms with Crippen molar-refractivity contribution >= 4 is 36.0 Å². The molecule has 0 atom stereocenters. The molecule has 1 rings (SSSR count).